The Morgan fingerprint density at radius 3 is 2.24 bits per heavy atom. The van der Waals surface area contributed by atoms with Crippen LogP contribution in [0.5, 0.6) is 17.2 Å². The van der Waals surface area contributed by atoms with Crippen LogP contribution in [0.2, 0.25) is 0 Å². The van der Waals surface area contributed by atoms with Gasteiger partial charge in [-0.2, -0.15) is 5.10 Å². The number of H-pyrrole nitrogens is 1. The summed E-state index contributed by atoms with van der Waals surface area (Å²) in [6.07, 6.45) is 0. The van der Waals surface area contributed by atoms with Crippen LogP contribution in [-0.2, 0) is 0 Å². The first kappa shape index (κ1) is 23.0. The number of amides is 1. The molecule has 1 fully saturated rings. The molecule has 0 aliphatic carbocycles. The molecule has 0 atom stereocenters. The van der Waals surface area contributed by atoms with Crippen LogP contribution in [0.1, 0.15) is 31.1 Å². The molecule has 2 aromatic heterocycles. The highest BCUT2D eigenvalue weighted by Gasteiger charge is 2.26. The number of nitrogens with zero attached hydrogens (tertiary/aromatic N) is 3. The molecule has 3 aromatic rings. The van der Waals surface area contributed by atoms with Gasteiger partial charge in [0.05, 0.1) is 30.4 Å². The molecular weight excluding hydrogens is 440 g/mol. The molecule has 0 spiro atoms. The van der Waals surface area contributed by atoms with Gasteiger partial charge in [0.1, 0.15) is 0 Å². The topological polar surface area (TPSA) is 79.9 Å². The third-order valence-electron chi connectivity index (χ3n) is 5.40. The minimum Gasteiger partial charge on any atom is -0.490 e. The van der Waals surface area contributed by atoms with E-state index in [2.05, 4.69) is 32.6 Å². The fraction of sp³-hybridized carbons (Fsp3) is 0.417. The summed E-state index contributed by atoms with van der Waals surface area (Å²) < 4.78 is 17.3. The number of rotatable bonds is 9. The Morgan fingerprint density at radius 1 is 1.00 bits per heavy atom. The van der Waals surface area contributed by atoms with Crippen LogP contribution in [0.25, 0.3) is 10.6 Å². The van der Waals surface area contributed by atoms with E-state index in [9.17, 15) is 4.79 Å². The summed E-state index contributed by atoms with van der Waals surface area (Å²) in [6, 6.07) is 9.68. The van der Waals surface area contributed by atoms with Gasteiger partial charge in [0.2, 0.25) is 5.75 Å². The first-order chi connectivity index (χ1) is 16.1. The van der Waals surface area contributed by atoms with Crippen molar-refractivity contribution in [1.29, 1.82) is 0 Å². The fourth-order valence-electron chi connectivity index (χ4n) is 3.86. The Labute approximate surface area is 198 Å². The second kappa shape index (κ2) is 10.6. The van der Waals surface area contributed by atoms with Gasteiger partial charge in [-0.25, -0.2) is 0 Å². The van der Waals surface area contributed by atoms with Crippen LogP contribution < -0.4 is 19.1 Å². The van der Waals surface area contributed by atoms with E-state index in [0.717, 1.165) is 16.4 Å². The molecule has 1 aliphatic heterocycles. The number of benzene rings is 1. The number of aromatic amines is 1. The van der Waals surface area contributed by atoms with E-state index in [4.69, 9.17) is 14.2 Å². The van der Waals surface area contributed by atoms with Gasteiger partial charge >= 0.3 is 0 Å². The maximum atomic E-state index is 13.3. The van der Waals surface area contributed by atoms with Crippen molar-refractivity contribution in [3.63, 3.8) is 0 Å². The third kappa shape index (κ3) is 5.08. The van der Waals surface area contributed by atoms with Gasteiger partial charge in [0.25, 0.3) is 5.91 Å². The van der Waals surface area contributed by atoms with Gasteiger partial charge < -0.3 is 24.0 Å². The number of aromatic nitrogens is 2. The molecule has 3 heterocycles. The highest BCUT2D eigenvalue weighted by atomic mass is 32.1. The Hall–Kier alpha value is -3.20. The molecule has 0 unspecified atom stereocenters. The molecule has 8 nitrogen and oxygen atoms in total. The number of piperazine rings is 1. The molecule has 1 saturated heterocycles. The number of hydrogen-bond acceptors (Lipinski definition) is 7. The fourth-order valence-corrected chi connectivity index (χ4v) is 4.56. The summed E-state index contributed by atoms with van der Waals surface area (Å²) in [5.74, 6) is 2.47. The van der Waals surface area contributed by atoms with E-state index < -0.39 is 0 Å². The van der Waals surface area contributed by atoms with Gasteiger partial charge in [-0.15, -0.1) is 11.3 Å². The minimum absolute atomic E-state index is 0.0408. The Morgan fingerprint density at radius 2 is 1.67 bits per heavy atom. The number of ether oxygens (including phenoxy) is 3. The van der Waals surface area contributed by atoms with Gasteiger partial charge in [-0.05, 0) is 44.4 Å². The van der Waals surface area contributed by atoms with Crippen molar-refractivity contribution in [2.75, 3.05) is 50.9 Å². The van der Waals surface area contributed by atoms with E-state index in [1.54, 1.807) is 23.5 Å². The molecule has 9 heteroatoms. The van der Waals surface area contributed by atoms with Crippen LogP contribution in [0.15, 0.2) is 35.7 Å². The first-order valence-corrected chi connectivity index (χ1v) is 12.2. The van der Waals surface area contributed by atoms with E-state index in [1.807, 2.05) is 31.7 Å². The van der Waals surface area contributed by atoms with Crippen molar-refractivity contribution in [2.45, 2.75) is 20.8 Å². The number of anilines is 1. The zero-order chi connectivity index (χ0) is 23.2. The molecule has 0 saturated carbocycles. The molecule has 4 rings (SSSR count). The van der Waals surface area contributed by atoms with Crippen LogP contribution in [0.3, 0.4) is 0 Å². The van der Waals surface area contributed by atoms with E-state index in [-0.39, 0.29) is 5.91 Å². The minimum atomic E-state index is -0.0408. The molecule has 1 aromatic carbocycles. The summed E-state index contributed by atoms with van der Waals surface area (Å²) in [4.78, 5) is 18.5. The van der Waals surface area contributed by atoms with E-state index >= 15 is 0 Å². The van der Waals surface area contributed by atoms with Crippen LogP contribution in [-0.4, -0.2) is 67.0 Å². The van der Waals surface area contributed by atoms with Gasteiger partial charge in [-0.1, -0.05) is 6.07 Å². The predicted molar refractivity (Wildman–Crippen MR) is 130 cm³/mol. The van der Waals surface area contributed by atoms with E-state index in [0.29, 0.717) is 68.8 Å². The molecular formula is C24H30N4O4S. The standard InChI is InChI=1S/C24H30N4O4S/c1-4-30-19-14-17(15-20(31-5-2)23(19)32-6-3)24(29)28-11-9-27(10-12-28)22-16-18(25-26-22)21-8-7-13-33-21/h7-8,13-16H,4-6,9-12H2,1-3H3,(H,25,26). The van der Waals surface area contributed by atoms with Crippen LogP contribution >= 0.6 is 11.3 Å². The summed E-state index contributed by atoms with van der Waals surface area (Å²) in [5.41, 5.74) is 1.55. The molecule has 1 aliphatic rings. The third-order valence-corrected chi connectivity index (χ3v) is 6.30. The molecule has 0 radical (unpaired) electrons. The highest BCUT2D eigenvalue weighted by molar-refractivity contribution is 7.13. The maximum Gasteiger partial charge on any atom is 0.254 e. The predicted octanol–water partition coefficient (Wildman–Crippen LogP) is 4.30. The van der Waals surface area contributed by atoms with Crippen molar-refractivity contribution >= 4 is 23.1 Å². The monoisotopic (exact) mass is 470 g/mol. The summed E-state index contributed by atoms with van der Waals surface area (Å²) in [7, 11) is 0. The van der Waals surface area contributed by atoms with Crippen molar-refractivity contribution in [2.24, 2.45) is 0 Å². The van der Waals surface area contributed by atoms with Crippen molar-refractivity contribution in [3.05, 3.63) is 41.3 Å². The van der Waals surface area contributed by atoms with Gasteiger partial charge in [0.15, 0.2) is 17.3 Å². The SMILES string of the molecule is CCOc1cc(C(=O)N2CCN(c3cc(-c4cccs4)[nH]n3)CC2)cc(OCC)c1OCC. The van der Waals surface area contributed by atoms with Crippen LogP contribution in [0.4, 0.5) is 5.82 Å². The van der Waals surface area contributed by atoms with Crippen molar-refractivity contribution in [3.8, 4) is 27.8 Å². The largest absolute Gasteiger partial charge is 0.490 e. The van der Waals surface area contributed by atoms with Gasteiger partial charge in [0, 0.05) is 37.8 Å². The lowest BCUT2D eigenvalue weighted by atomic mass is 10.1. The maximum absolute atomic E-state index is 13.3. The number of hydrogen-bond donors (Lipinski definition) is 1. The number of nitrogens with one attached hydrogen (secondary N) is 1. The number of thiophene rings is 1. The Bertz CT molecular complexity index is 1030. The summed E-state index contributed by atoms with van der Waals surface area (Å²) in [6.45, 7) is 9.80. The van der Waals surface area contributed by atoms with Gasteiger partial charge in [-0.3, -0.25) is 9.89 Å². The summed E-state index contributed by atoms with van der Waals surface area (Å²) in [5, 5.41) is 9.64. The van der Waals surface area contributed by atoms with Crippen molar-refractivity contribution < 1.29 is 19.0 Å². The quantitative estimate of drug-likeness (QED) is 0.502. The Kier molecular flexibility index (Phi) is 7.39. The number of carbonyl (C=O) groups excluding carboxylic acids is 1. The smallest absolute Gasteiger partial charge is 0.254 e. The molecule has 1 amide bonds. The first-order valence-electron chi connectivity index (χ1n) is 11.3. The second-order valence-corrected chi connectivity index (χ2v) is 8.44. The highest BCUT2D eigenvalue weighted by Crippen LogP contribution is 2.39. The van der Waals surface area contributed by atoms with E-state index in [1.165, 1.54) is 0 Å². The lowest BCUT2D eigenvalue weighted by Gasteiger charge is -2.35. The normalized spacial score (nSPS) is 13.8. The molecule has 1 N–H and O–H groups in total. The zero-order valence-corrected chi connectivity index (χ0v) is 20.1. The Balaban J connectivity index is 1.47. The average Bonchev–Trinajstić information content (AvgIpc) is 3.53. The average molecular weight is 471 g/mol. The summed E-state index contributed by atoms with van der Waals surface area (Å²) >= 11 is 1.68. The van der Waals surface area contributed by atoms with Crippen molar-refractivity contribution in [1.82, 2.24) is 15.1 Å². The lowest BCUT2D eigenvalue weighted by molar-refractivity contribution is 0.0745. The zero-order valence-electron chi connectivity index (χ0n) is 19.3. The molecule has 0 bridgehead atoms. The molecule has 33 heavy (non-hydrogen) atoms. The second-order valence-electron chi connectivity index (χ2n) is 7.50. The molecule has 176 valence electrons. The van der Waals surface area contributed by atoms with Crippen LogP contribution in [0, 0.1) is 0 Å². The number of carbonyl (C=O) groups is 1. The lowest BCUT2D eigenvalue weighted by Crippen LogP contribution is -2.49.